The molecule has 0 atom stereocenters. The number of aromatic nitrogens is 1. The Morgan fingerprint density at radius 1 is 1.32 bits per heavy atom. The van der Waals surface area contributed by atoms with Crippen molar-refractivity contribution >= 4 is 5.97 Å². The number of hydrogen-bond donors (Lipinski definition) is 0. The number of carbonyl (C=O) groups is 1. The molecule has 0 amide bonds. The summed E-state index contributed by atoms with van der Waals surface area (Å²) in [6.45, 7) is 0. The van der Waals surface area contributed by atoms with Crippen LogP contribution in [0.15, 0.2) is 6.07 Å². The molecule has 1 aromatic rings. The molecule has 1 aromatic heterocycles. The standard InChI is InChI=1S/C10H8F5NO3/c1-18-8-4(7(11)12)3-5(10(13,14)15)6(16-8)9(17)19-2/h3,7H,1-2H3. The first-order valence-electron chi connectivity index (χ1n) is 4.75. The van der Waals surface area contributed by atoms with Crippen molar-refractivity contribution < 1.29 is 36.2 Å². The molecule has 0 bridgehead atoms. The fourth-order valence-corrected chi connectivity index (χ4v) is 1.30. The lowest BCUT2D eigenvalue weighted by atomic mass is 10.1. The van der Waals surface area contributed by atoms with Crippen LogP contribution in [-0.2, 0) is 10.9 Å². The highest BCUT2D eigenvalue weighted by atomic mass is 19.4. The molecular formula is C10H8F5NO3. The van der Waals surface area contributed by atoms with Gasteiger partial charge in [-0.05, 0) is 6.07 Å². The second-order valence-corrected chi connectivity index (χ2v) is 3.27. The van der Waals surface area contributed by atoms with Crippen LogP contribution in [0.4, 0.5) is 22.0 Å². The van der Waals surface area contributed by atoms with Gasteiger partial charge in [0.05, 0.1) is 25.3 Å². The normalized spacial score (nSPS) is 11.6. The molecule has 0 N–H and O–H groups in total. The number of nitrogens with zero attached hydrogens (tertiary/aromatic N) is 1. The Bertz CT molecular complexity index is 487. The van der Waals surface area contributed by atoms with E-state index in [4.69, 9.17) is 0 Å². The lowest BCUT2D eigenvalue weighted by Gasteiger charge is -2.14. The lowest BCUT2D eigenvalue weighted by molar-refractivity contribution is -0.138. The number of rotatable bonds is 3. The van der Waals surface area contributed by atoms with Crippen molar-refractivity contribution in [1.82, 2.24) is 4.98 Å². The molecule has 0 aliphatic heterocycles. The van der Waals surface area contributed by atoms with Crippen molar-refractivity contribution in [3.63, 3.8) is 0 Å². The summed E-state index contributed by atoms with van der Waals surface area (Å²) in [7, 11) is 1.79. The molecule has 0 unspecified atom stereocenters. The van der Waals surface area contributed by atoms with Crippen molar-refractivity contribution in [3.8, 4) is 5.88 Å². The second kappa shape index (κ2) is 5.37. The molecule has 0 fully saturated rings. The summed E-state index contributed by atoms with van der Waals surface area (Å²) in [6, 6.07) is 0.128. The summed E-state index contributed by atoms with van der Waals surface area (Å²) in [5.74, 6) is -2.16. The zero-order chi connectivity index (χ0) is 14.8. The molecule has 0 aliphatic rings. The highest BCUT2D eigenvalue weighted by molar-refractivity contribution is 5.89. The van der Waals surface area contributed by atoms with Crippen LogP contribution in [0.1, 0.15) is 28.0 Å². The molecule has 0 saturated carbocycles. The third kappa shape index (κ3) is 3.09. The van der Waals surface area contributed by atoms with Gasteiger partial charge in [0.15, 0.2) is 5.69 Å². The van der Waals surface area contributed by atoms with E-state index in [9.17, 15) is 26.7 Å². The molecule has 19 heavy (non-hydrogen) atoms. The van der Waals surface area contributed by atoms with Crippen molar-refractivity contribution in [2.24, 2.45) is 0 Å². The summed E-state index contributed by atoms with van der Waals surface area (Å²) in [5.41, 5.74) is -3.78. The molecule has 1 heterocycles. The number of pyridine rings is 1. The van der Waals surface area contributed by atoms with Gasteiger partial charge in [-0.15, -0.1) is 0 Å². The number of alkyl halides is 5. The van der Waals surface area contributed by atoms with Gasteiger partial charge in [0, 0.05) is 0 Å². The van der Waals surface area contributed by atoms with E-state index in [0.29, 0.717) is 0 Å². The summed E-state index contributed by atoms with van der Waals surface area (Å²) >= 11 is 0. The molecule has 0 spiro atoms. The van der Waals surface area contributed by atoms with Crippen LogP contribution in [0.3, 0.4) is 0 Å². The fraction of sp³-hybridized carbons (Fsp3) is 0.400. The van der Waals surface area contributed by atoms with Crippen LogP contribution in [0, 0.1) is 0 Å². The summed E-state index contributed by atoms with van der Waals surface area (Å²) < 4.78 is 71.8. The summed E-state index contributed by atoms with van der Waals surface area (Å²) in [6.07, 6.45) is -8.25. The highest BCUT2D eigenvalue weighted by Crippen LogP contribution is 2.37. The Morgan fingerprint density at radius 3 is 2.26 bits per heavy atom. The van der Waals surface area contributed by atoms with Gasteiger partial charge in [0.25, 0.3) is 6.43 Å². The van der Waals surface area contributed by atoms with Gasteiger partial charge in [-0.25, -0.2) is 18.6 Å². The molecule has 0 saturated heterocycles. The number of ether oxygens (including phenoxy) is 2. The maximum absolute atomic E-state index is 12.7. The van der Waals surface area contributed by atoms with Crippen LogP contribution in [0.5, 0.6) is 5.88 Å². The van der Waals surface area contributed by atoms with Crippen LogP contribution in [-0.4, -0.2) is 25.2 Å². The predicted molar refractivity (Wildman–Crippen MR) is 52.1 cm³/mol. The van der Waals surface area contributed by atoms with E-state index >= 15 is 0 Å². The van der Waals surface area contributed by atoms with Crippen LogP contribution < -0.4 is 4.74 Å². The van der Waals surface area contributed by atoms with E-state index in [1.54, 1.807) is 0 Å². The fourth-order valence-electron chi connectivity index (χ4n) is 1.30. The molecule has 0 radical (unpaired) electrons. The molecule has 106 valence electrons. The van der Waals surface area contributed by atoms with E-state index in [1.807, 2.05) is 0 Å². The monoisotopic (exact) mass is 285 g/mol. The van der Waals surface area contributed by atoms with Crippen LogP contribution >= 0.6 is 0 Å². The number of hydrogen-bond acceptors (Lipinski definition) is 4. The minimum absolute atomic E-state index is 0.128. The van der Waals surface area contributed by atoms with Crippen molar-refractivity contribution in [3.05, 3.63) is 22.9 Å². The van der Waals surface area contributed by atoms with Gasteiger partial charge < -0.3 is 9.47 Å². The summed E-state index contributed by atoms with van der Waals surface area (Å²) in [4.78, 5) is 14.4. The highest BCUT2D eigenvalue weighted by Gasteiger charge is 2.39. The van der Waals surface area contributed by atoms with Crippen molar-refractivity contribution in [1.29, 1.82) is 0 Å². The Kier molecular flexibility index (Phi) is 4.28. The molecule has 9 heteroatoms. The maximum atomic E-state index is 12.7. The topological polar surface area (TPSA) is 48.4 Å². The third-order valence-corrected chi connectivity index (χ3v) is 2.13. The maximum Gasteiger partial charge on any atom is 0.418 e. The SMILES string of the molecule is COC(=O)c1nc(OC)c(C(F)F)cc1C(F)(F)F. The molecule has 4 nitrogen and oxygen atoms in total. The largest absolute Gasteiger partial charge is 0.481 e. The predicted octanol–water partition coefficient (Wildman–Crippen LogP) is 2.83. The van der Waals surface area contributed by atoms with E-state index in [2.05, 4.69) is 14.5 Å². The quantitative estimate of drug-likeness (QED) is 0.633. The Hall–Kier alpha value is -1.93. The zero-order valence-electron chi connectivity index (χ0n) is 9.72. The van der Waals surface area contributed by atoms with E-state index in [0.717, 1.165) is 14.2 Å². The number of methoxy groups -OCH3 is 2. The minimum atomic E-state index is -5.02. The summed E-state index contributed by atoms with van der Waals surface area (Å²) in [5, 5.41) is 0. The Balaban J connectivity index is 3.58. The average molecular weight is 285 g/mol. The first kappa shape index (κ1) is 15.1. The molecular weight excluding hydrogens is 277 g/mol. The lowest BCUT2D eigenvalue weighted by Crippen LogP contribution is -2.18. The van der Waals surface area contributed by atoms with Gasteiger partial charge in [0.1, 0.15) is 0 Å². The first-order chi connectivity index (χ1) is 8.72. The van der Waals surface area contributed by atoms with Gasteiger partial charge in [-0.3, -0.25) is 0 Å². The molecule has 0 aliphatic carbocycles. The van der Waals surface area contributed by atoms with Gasteiger partial charge in [0.2, 0.25) is 5.88 Å². The van der Waals surface area contributed by atoms with Gasteiger partial charge in [-0.1, -0.05) is 0 Å². The Morgan fingerprint density at radius 2 is 1.89 bits per heavy atom. The average Bonchev–Trinajstić information content (AvgIpc) is 2.34. The Labute approximate surface area is 104 Å². The molecule has 0 aromatic carbocycles. The van der Waals surface area contributed by atoms with Gasteiger partial charge in [-0.2, -0.15) is 13.2 Å². The van der Waals surface area contributed by atoms with E-state index in [-0.39, 0.29) is 6.07 Å². The first-order valence-corrected chi connectivity index (χ1v) is 4.75. The number of esters is 1. The van der Waals surface area contributed by atoms with E-state index < -0.39 is 41.3 Å². The number of carbonyl (C=O) groups excluding carboxylic acids is 1. The van der Waals surface area contributed by atoms with Crippen molar-refractivity contribution in [2.75, 3.05) is 14.2 Å². The third-order valence-electron chi connectivity index (χ3n) is 2.13. The van der Waals surface area contributed by atoms with Crippen LogP contribution in [0.2, 0.25) is 0 Å². The second-order valence-electron chi connectivity index (χ2n) is 3.27. The van der Waals surface area contributed by atoms with Crippen LogP contribution in [0.25, 0.3) is 0 Å². The van der Waals surface area contributed by atoms with Crippen molar-refractivity contribution in [2.45, 2.75) is 12.6 Å². The number of halogens is 5. The van der Waals surface area contributed by atoms with E-state index in [1.165, 1.54) is 0 Å². The minimum Gasteiger partial charge on any atom is -0.481 e. The van der Waals surface area contributed by atoms with Gasteiger partial charge >= 0.3 is 12.1 Å². The smallest absolute Gasteiger partial charge is 0.418 e. The zero-order valence-corrected chi connectivity index (χ0v) is 9.72. The molecule has 1 rings (SSSR count).